The minimum atomic E-state index is -0.0308. The van der Waals surface area contributed by atoms with E-state index in [-0.39, 0.29) is 5.97 Å². The fourth-order valence-corrected chi connectivity index (χ4v) is 4.35. The number of benzene rings is 1. The second-order valence-electron chi connectivity index (χ2n) is 6.70. The molecule has 1 aliphatic heterocycles. The summed E-state index contributed by atoms with van der Waals surface area (Å²) in [5, 5.41) is 0. The summed E-state index contributed by atoms with van der Waals surface area (Å²) in [5.74, 6) is 1.43. The first-order valence-corrected chi connectivity index (χ1v) is 8.71. The average Bonchev–Trinajstić information content (AvgIpc) is 2.86. The van der Waals surface area contributed by atoms with Crippen LogP contribution in [0.3, 0.4) is 0 Å². The molecular weight excluding hydrogens is 274 g/mol. The first-order valence-electron chi connectivity index (χ1n) is 8.71. The van der Waals surface area contributed by atoms with Crippen molar-refractivity contribution in [2.24, 2.45) is 11.8 Å². The quantitative estimate of drug-likeness (QED) is 0.778. The number of hydrogen-bond donors (Lipinski definition) is 0. The number of hydrogen-bond acceptors (Lipinski definition) is 3. The second kappa shape index (κ2) is 7.28. The molecule has 3 rings (SSSR count). The predicted molar refractivity (Wildman–Crippen MR) is 87.3 cm³/mol. The van der Waals surface area contributed by atoms with Gasteiger partial charge in [-0.05, 0) is 37.2 Å². The molecule has 1 saturated carbocycles. The van der Waals surface area contributed by atoms with Crippen LogP contribution in [0.15, 0.2) is 30.3 Å². The van der Waals surface area contributed by atoms with Crippen molar-refractivity contribution < 1.29 is 9.53 Å². The lowest BCUT2D eigenvalue weighted by Gasteiger charge is -2.30. The van der Waals surface area contributed by atoms with Gasteiger partial charge in [-0.1, -0.05) is 43.2 Å². The standard InChI is InChI=1S/C19H27NO2/c1-2-22-19(21)12-18-17-11-7-6-10-16(17)14-20(18)13-15-8-4-3-5-9-15/h3-5,8-9,16-18H,2,6-7,10-14H2,1H3/t16-,17+,18+/m1/s1. The van der Waals surface area contributed by atoms with Crippen molar-refractivity contribution in [2.75, 3.05) is 13.2 Å². The molecule has 120 valence electrons. The van der Waals surface area contributed by atoms with Crippen LogP contribution in [0.1, 0.15) is 44.6 Å². The molecule has 1 saturated heterocycles. The van der Waals surface area contributed by atoms with E-state index < -0.39 is 0 Å². The molecule has 2 fully saturated rings. The van der Waals surface area contributed by atoms with E-state index in [9.17, 15) is 4.79 Å². The Labute approximate surface area is 133 Å². The van der Waals surface area contributed by atoms with E-state index in [0.717, 1.165) is 19.0 Å². The van der Waals surface area contributed by atoms with Crippen LogP contribution in [0.4, 0.5) is 0 Å². The highest BCUT2D eigenvalue weighted by Gasteiger charge is 2.43. The van der Waals surface area contributed by atoms with Gasteiger partial charge in [-0.15, -0.1) is 0 Å². The number of ether oxygens (including phenoxy) is 1. The maximum atomic E-state index is 12.0. The largest absolute Gasteiger partial charge is 0.466 e. The first kappa shape index (κ1) is 15.5. The van der Waals surface area contributed by atoms with Gasteiger partial charge in [0.25, 0.3) is 0 Å². The monoisotopic (exact) mass is 301 g/mol. The minimum absolute atomic E-state index is 0.0308. The Hall–Kier alpha value is -1.35. The molecule has 0 N–H and O–H groups in total. The van der Waals surface area contributed by atoms with Gasteiger partial charge in [0.05, 0.1) is 13.0 Å². The Kier molecular flexibility index (Phi) is 5.14. The molecule has 3 atom stereocenters. The van der Waals surface area contributed by atoms with Crippen molar-refractivity contribution in [1.29, 1.82) is 0 Å². The molecule has 3 heteroatoms. The lowest BCUT2D eigenvalue weighted by atomic mass is 9.78. The van der Waals surface area contributed by atoms with Gasteiger partial charge in [-0.2, -0.15) is 0 Å². The van der Waals surface area contributed by atoms with Gasteiger partial charge in [-0.3, -0.25) is 9.69 Å². The van der Waals surface area contributed by atoms with E-state index in [0.29, 0.717) is 25.0 Å². The van der Waals surface area contributed by atoms with Gasteiger partial charge in [-0.25, -0.2) is 0 Å². The first-order chi connectivity index (χ1) is 10.8. The number of carbonyl (C=O) groups excluding carboxylic acids is 1. The molecule has 0 spiro atoms. The lowest BCUT2D eigenvalue weighted by molar-refractivity contribution is -0.144. The summed E-state index contributed by atoms with van der Waals surface area (Å²) in [5.41, 5.74) is 1.34. The minimum Gasteiger partial charge on any atom is -0.466 e. The molecule has 1 aromatic carbocycles. The van der Waals surface area contributed by atoms with Crippen molar-refractivity contribution in [3.8, 4) is 0 Å². The summed E-state index contributed by atoms with van der Waals surface area (Å²) >= 11 is 0. The van der Waals surface area contributed by atoms with Gasteiger partial charge in [0.1, 0.15) is 0 Å². The van der Waals surface area contributed by atoms with Crippen LogP contribution >= 0.6 is 0 Å². The number of fused-ring (bicyclic) bond motifs is 1. The molecule has 1 heterocycles. The zero-order valence-corrected chi connectivity index (χ0v) is 13.5. The van der Waals surface area contributed by atoms with Gasteiger partial charge in [0, 0.05) is 19.1 Å². The molecule has 0 bridgehead atoms. The van der Waals surface area contributed by atoms with E-state index in [1.165, 1.54) is 31.2 Å². The molecule has 2 aliphatic rings. The van der Waals surface area contributed by atoms with Crippen LogP contribution in [0.5, 0.6) is 0 Å². The molecule has 0 unspecified atom stereocenters. The third-order valence-electron chi connectivity index (χ3n) is 5.31. The van der Waals surface area contributed by atoms with Crippen molar-refractivity contribution in [1.82, 2.24) is 4.90 Å². The topological polar surface area (TPSA) is 29.5 Å². The number of nitrogens with zero attached hydrogens (tertiary/aromatic N) is 1. The van der Waals surface area contributed by atoms with Crippen molar-refractivity contribution in [2.45, 2.75) is 51.6 Å². The van der Waals surface area contributed by atoms with E-state index in [4.69, 9.17) is 4.74 Å². The summed E-state index contributed by atoms with van der Waals surface area (Å²) in [6, 6.07) is 11.0. The molecular formula is C19H27NO2. The lowest BCUT2D eigenvalue weighted by Crippen LogP contribution is -2.35. The van der Waals surface area contributed by atoms with Gasteiger partial charge in [0.15, 0.2) is 0 Å². The predicted octanol–water partition coefficient (Wildman–Crippen LogP) is 3.63. The van der Waals surface area contributed by atoms with Gasteiger partial charge >= 0.3 is 5.97 Å². The number of carbonyl (C=O) groups is 1. The summed E-state index contributed by atoms with van der Waals surface area (Å²) in [6.07, 6.45) is 5.84. The highest BCUT2D eigenvalue weighted by molar-refractivity contribution is 5.70. The number of rotatable bonds is 5. The smallest absolute Gasteiger partial charge is 0.307 e. The zero-order valence-electron chi connectivity index (χ0n) is 13.5. The Morgan fingerprint density at radius 2 is 2.00 bits per heavy atom. The number of esters is 1. The van der Waals surface area contributed by atoms with Crippen LogP contribution in [0.25, 0.3) is 0 Å². The van der Waals surface area contributed by atoms with Gasteiger partial charge in [0.2, 0.25) is 0 Å². The third-order valence-corrected chi connectivity index (χ3v) is 5.31. The van der Waals surface area contributed by atoms with Crippen molar-refractivity contribution >= 4 is 5.97 Å². The average molecular weight is 301 g/mol. The summed E-state index contributed by atoms with van der Waals surface area (Å²) in [6.45, 7) is 4.47. The fraction of sp³-hybridized carbons (Fsp3) is 0.632. The van der Waals surface area contributed by atoms with E-state index in [1.54, 1.807) is 0 Å². The van der Waals surface area contributed by atoms with Crippen molar-refractivity contribution in [3.63, 3.8) is 0 Å². The maximum absolute atomic E-state index is 12.0. The third kappa shape index (κ3) is 3.52. The number of likely N-dealkylation sites (tertiary alicyclic amines) is 1. The van der Waals surface area contributed by atoms with E-state index >= 15 is 0 Å². The normalized spacial score (nSPS) is 28.3. The van der Waals surface area contributed by atoms with Crippen LogP contribution in [-0.4, -0.2) is 30.1 Å². The Bertz CT molecular complexity index is 487. The van der Waals surface area contributed by atoms with Crippen molar-refractivity contribution in [3.05, 3.63) is 35.9 Å². The fourth-order valence-electron chi connectivity index (χ4n) is 4.35. The van der Waals surface area contributed by atoms with Crippen LogP contribution in [0, 0.1) is 11.8 Å². The summed E-state index contributed by atoms with van der Waals surface area (Å²) in [7, 11) is 0. The van der Waals surface area contributed by atoms with E-state index in [2.05, 4.69) is 35.2 Å². The molecule has 3 nitrogen and oxygen atoms in total. The van der Waals surface area contributed by atoms with Gasteiger partial charge < -0.3 is 4.74 Å². The summed E-state index contributed by atoms with van der Waals surface area (Å²) in [4.78, 5) is 14.6. The molecule has 0 aromatic heterocycles. The highest BCUT2D eigenvalue weighted by Crippen LogP contribution is 2.42. The second-order valence-corrected chi connectivity index (χ2v) is 6.70. The maximum Gasteiger partial charge on any atom is 0.307 e. The molecule has 1 aliphatic carbocycles. The van der Waals surface area contributed by atoms with Crippen LogP contribution < -0.4 is 0 Å². The highest BCUT2D eigenvalue weighted by atomic mass is 16.5. The van der Waals surface area contributed by atoms with E-state index in [1.807, 2.05) is 6.92 Å². The molecule has 0 amide bonds. The molecule has 22 heavy (non-hydrogen) atoms. The van der Waals surface area contributed by atoms with Crippen LogP contribution in [0.2, 0.25) is 0 Å². The summed E-state index contributed by atoms with van der Waals surface area (Å²) < 4.78 is 5.22. The Morgan fingerprint density at radius 3 is 2.77 bits per heavy atom. The molecule has 0 radical (unpaired) electrons. The Balaban J connectivity index is 1.72. The van der Waals surface area contributed by atoms with Crippen LogP contribution in [-0.2, 0) is 16.1 Å². The molecule has 1 aromatic rings. The SMILES string of the molecule is CCOC(=O)C[C@H]1[C@H]2CCCC[C@@H]2CN1Cc1ccccc1. The Morgan fingerprint density at radius 1 is 1.23 bits per heavy atom. The zero-order chi connectivity index (χ0) is 15.4.